The highest BCUT2D eigenvalue weighted by Gasteiger charge is 2.49. The number of pyridine rings is 1. The Balaban J connectivity index is 1.49. The lowest BCUT2D eigenvalue weighted by atomic mass is 9.76. The van der Waals surface area contributed by atoms with Gasteiger partial charge in [-0.3, -0.25) is 14.6 Å². The average Bonchev–Trinajstić information content (AvgIpc) is 2.82. The molecule has 23 heavy (non-hydrogen) atoms. The van der Waals surface area contributed by atoms with E-state index in [2.05, 4.69) is 31.5 Å². The van der Waals surface area contributed by atoms with Crippen LogP contribution in [0, 0.1) is 5.41 Å². The number of amides is 1. The van der Waals surface area contributed by atoms with Gasteiger partial charge in [-0.2, -0.15) is 0 Å². The zero-order valence-corrected chi connectivity index (χ0v) is 14.4. The Kier molecular flexibility index (Phi) is 4.96. The summed E-state index contributed by atoms with van der Waals surface area (Å²) >= 11 is 3.34. The number of piperidine rings is 1. The van der Waals surface area contributed by atoms with E-state index in [0.29, 0.717) is 13.0 Å². The number of aromatic nitrogens is 1. The van der Waals surface area contributed by atoms with Gasteiger partial charge in [0.15, 0.2) is 0 Å². The van der Waals surface area contributed by atoms with E-state index >= 15 is 0 Å². The number of nitrogens with one attached hydrogen (secondary N) is 2. The van der Waals surface area contributed by atoms with Crippen molar-refractivity contribution in [2.45, 2.75) is 31.8 Å². The lowest BCUT2D eigenvalue weighted by Crippen LogP contribution is -2.40. The van der Waals surface area contributed by atoms with Crippen molar-refractivity contribution in [3.8, 4) is 0 Å². The molecule has 7 heteroatoms. The summed E-state index contributed by atoms with van der Waals surface area (Å²) < 4.78 is 6.32. The number of hydrogen-bond acceptors (Lipinski definition) is 5. The molecule has 1 unspecified atom stereocenters. The number of carbonyl (C=O) groups is 2. The van der Waals surface area contributed by atoms with Gasteiger partial charge < -0.3 is 15.4 Å². The summed E-state index contributed by atoms with van der Waals surface area (Å²) in [5, 5.41) is 6.13. The molecule has 2 saturated heterocycles. The quantitative estimate of drug-likeness (QED) is 0.765. The van der Waals surface area contributed by atoms with Crippen LogP contribution in [0.15, 0.2) is 22.9 Å². The third-order valence-corrected chi connectivity index (χ3v) is 4.97. The Morgan fingerprint density at radius 3 is 2.96 bits per heavy atom. The fourth-order valence-electron chi connectivity index (χ4n) is 3.29. The molecule has 2 aliphatic heterocycles. The van der Waals surface area contributed by atoms with Crippen LogP contribution in [-0.2, 0) is 20.7 Å². The first-order chi connectivity index (χ1) is 11.1. The van der Waals surface area contributed by atoms with Crippen LogP contribution in [0.25, 0.3) is 0 Å². The number of nitrogens with zero attached hydrogens (tertiary/aromatic N) is 1. The van der Waals surface area contributed by atoms with Crippen LogP contribution in [0.3, 0.4) is 0 Å². The number of esters is 1. The number of hydrogen-bond donors (Lipinski definition) is 2. The second-order valence-corrected chi connectivity index (χ2v) is 7.17. The third kappa shape index (κ3) is 3.90. The van der Waals surface area contributed by atoms with Crippen molar-refractivity contribution >= 4 is 27.8 Å². The molecule has 0 saturated carbocycles. The van der Waals surface area contributed by atoms with Gasteiger partial charge in [0.25, 0.3) is 0 Å². The highest BCUT2D eigenvalue weighted by molar-refractivity contribution is 9.10. The van der Waals surface area contributed by atoms with E-state index in [4.69, 9.17) is 4.74 Å². The predicted octanol–water partition coefficient (Wildman–Crippen LogP) is 1.19. The van der Waals surface area contributed by atoms with Crippen LogP contribution in [0.1, 0.15) is 24.8 Å². The molecule has 2 fully saturated rings. The molecule has 1 spiro atoms. The van der Waals surface area contributed by atoms with Crippen molar-refractivity contribution in [1.29, 1.82) is 0 Å². The van der Waals surface area contributed by atoms with E-state index in [9.17, 15) is 9.59 Å². The minimum absolute atomic E-state index is 0.0905. The Labute approximate surface area is 143 Å². The monoisotopic (exact) mass is 381 g/mol. The lowest BCUT2D eigenvalue weighted by molar-refractivity contribution is -0.150. The van der Waals surface area contributed by atoms with E-state index in [0.717, 1.165) is 36.0 Å². The normalized spacial score (nSPS) is 22.8. The summed E-state index contributed by atoms with van der Waals surface area (Å²) in [6, 6.07) is 1.87. The minimum atomic E-state index is -0.338. The summed E-state index contributed by atoms with van der Waals surface area (Å²) in [5.41, 5.74) is 0.504. The fourth-order valence-corrected chi connectivity index (χ4v) is 3.70. The zero-order valence-electron chi connectivity index (χ0n) is 12.8. The van der Waals surface area contributed by atoms with Gasteiger partial charge in [0.1, 0.15) is 6.10 Å². The van der Waals surface area contributed by atoms with Crippen LogP contribution >= 0.6 is 15.9 Å². The summed E-state index contributed by atoms with van der Waals surface area (Å²) in [7, 11) is 0. The summed E-state index contributed by atoms with van der Waals surface area (Å²) in [6.07, 6.45) is 5.74. The molecule has 1 aromatic rings. The third-order valence-electron chi connectivity index (χ3n) is 4.54. The van der Waals surface area contributed by atoms with Gasteiger partial charge in [-0.1, -0.05) is 0 Å². The SMILES string of the molecule is O=C(Cc1cncc(Br)c1)NCC1CC2(CCNCC2)C(=O)O1. The summed E-state index contributed by atoms with van der Waals surface area (Å²) in [6.45, 7) is 2.08. The maximum atomic E-state index is 12.2. The molecule has 0 aromatic carbocycles. The van der Waals surface area contributed by atoms with Crippen molar-refractivity contribution < 1.29 is 14.3 Å². The first kappa shape index (κ1) is 16.4. The van der Waals surface area contributed by atoms with Crippen molar-refractivity contribution in [2.75, 3.05) is 19.6 Å². The topological polar surface area (TPSA) is 80.3 Å². The molecule has 1 atom stereocenters. The molecule has 0 bridgehead atoms. The van der Waals surface area contributed by atoms with Gasteiger partial charge in [-0.05, 0) is 53.5 Å². The van der Waals surface area contributed by atoms with E-state index in [1.807, 2.05) is 6.07 Å². The molecule has 0 radical (unpaired) electrons. The Hall–Kier alpha value is -1.47. The molecule has 2 aliphatic rings. The Morgan fingerprint density at radius 2 is 2.22 bits per heavy atom. The van der Waals surface area contributed by atoms with E-state index in [-0.39, 0.29) is 29.8 Å². The zero-order chi connectivity index (χ0) is 16.3. The molecule has 2 N–H and O–H groups in total. The first-order valence-electron chi connectivity index (χ1n) is 7.85. The highest BCUT2D eigenvalue weighted by atomic mass is 79.9. The number of ether oxygens (including phenoxy) is 1. The van der Waals surface area contributed by atoms with Gasteiger partial charge in [0.05, 0.1) is 18.4 Å². The minimum Gasteiger partial charge on any atom is -0.460 e. The Bertz CT molecular complexity index is 602. The number of carbonyl (C=O) groups excluding carboxylic acids is 2. The Morgan fingerprint density at radius 1 is 1.43 bits per heavy atom. The molecular weight excluding hydrogens is 362 g/mol. The van der Waals surface area contributed by atoms with Crippen molar-refractivity contribution in [2.24, 2.45) is 5.41 Å². The fraction of sp³-hybridized carbons (Fsp3) is 0.562. The molecule has 3 heterocycles. The van der Waals surface area contributed by atoms with Crippen LogP contribution < -0.4 is 10.6 Å². The van der Waals surface area contributed by atoms with Gasteiger partial charge in [0, 0.05) is 23.3 Å². The molecule has 0 aliphatic carbocycles. The van der Waals surface area contributed by atoms with Gasteiger partial charge in [-0.15, -0.1) is 0 Å². The van der Waals surface area contributed by atoms with Crippen molar-refractivity contribution in [3.05, 3.63) is 28.5 Å². The molecule has 3 rings (SSSR count). The van der Waals surface area contributed by atoms with Crippen LogP contribution in [0.4, 0.5) is 0 Å². The smallest absolute Gasteiger partial charge is 0.312 e. The molecule has 6 nitrogen and oxygen atoms in total. The van der Waals surface area contributed by atoms with Gasteiger partial charge in [-0.25, -0.2) is 0 Å². The standard InChI is InChI=1S/C16H20BrN3O3/c17-12-5-11(8-19-9-12)6-14(21)20-10-13-7-16(15(22)23-13)1-3-18-4-2-16/h5,8-9,13,18H,1-4,6-7,10H2,(H,20,21). The number of cyclic esters (lactones) is 1. The largest absolute Gasteiger partial charge is 0.460 e. The predicted molar refractivity (Wildman–Crippen MR) is 87.7 cm³/mol. The van der Waals surface area contributed by atoms with Crippen LogP contribution in [0.5, 0.6) is 0 Å². The molecular formula is C16H20BrN3O3. The first-order valence-corrected chi connectivity index (χ1v) is 8.65. The molecule has 1 amide bonds. The van der Waals surface area contributed by atoms with Gasteiger partial charge >= 0.3 is 5.97 Å². The number of rotatable bonds is 4. The summed E-state index contributed by atoms with van der Waals surface area (Å²) in [4.78, 5) is 28.2. The molecule has 1 aromatic heterocycles. The van der Waals surface area contributed by atoms with Crippen molar-refractivity contribution in [1.82, 2.24) is 15.6 Å². The van der Waals surface area contributed by atoms with Gasteiger partial charge in [0.2, 0.25) is 5.91 Å². The van der Waals surface area contributed by atoms with E-state index < -0.39 is 0 Å². The maximum absolute atomic E-state index is 12.2. The number of halogens is 1. The molecule has 124 valence electrons. The lowest BCUT2D eigenvalue weighted by Gasteiger charge is -2.29. The van der Waals surface area contributed by atoms with E-state index in [1.54, 1.807) is 12.4 Å². The van der Waals surface area contributed by atoms with E-state index in [1.165, 1.54) is 0 Å². The van der Waals surface area contributed by atoms with Crippen LogP contribution in [-0.4, -0.2) is 42.6 Å². The van der Waals surface area contributed by atoms with Crippen LogP contribution in [0.2, 0.25) is 0 Å². The average molecular weight is 382 g/mol. The van der Waals surface area contributed by atoms with Crippen molar-refractivity contribution in [3.63, 3.8) is 0 Å². The highest BCUT2D eigenvalue weighted by Crippen LogP contribution is 2.41. The summed E-state index contributed by atoms with van der Waals surface area (Å²) in [5.74, 6) is -0.193. The maximum Gasteiger partial charge on any atom is 0.312 e. The second-order valence-electron chi connectivity index (χ2n) is 6.25. The second kappa shape index (κ2) is 6.97.